The highest BCUT2D eigenvalue weighted by atomic mass is 32.1. The molecule has 12 heteroatoms. The molecular weight excluding hydrogens is 504 g/mol. The smallest absolute Gasteiger partial charge is 0.365 e. The molecule has 0 bridgehead atoms. The number of anilines is 2. The van der Waals surface area contributed by atoms with E-state index in [-0.39, 0.29) is 27.9 Å². The number of hydrogen-bond acceptors (Lipinski definition) is 4. The van der Waals surface area contributed by atoms with Gasteiger partial charge in [0.05, 0.1) is 28.9 Å². The van der Waals surface area contributed by atoms with E-state index in [1.165, 1.54) is 18.2 Å². The molecule has 0 spiro atoms. The van der Waals surface area contributed by atoms with E-state index in [4.69, 9.17) is 18.0 Å². The maximum atomic E-state index is 14.0. The molecule has 1 aliphatic rings. The zero-order valence-electron chi connectivity index (χ0n) is 17.9. The highest BCUT2D eigenvalue weighted by molar-refractivity contribution is 7.80. The summed E-state index contributed by atoms with van der Waals surface area (Å²) in [5.74, 6) is -2.28. The number of rotatable bonds is 4. The molecular formula is C23H18F4N4O2S2. The van der Waals surface area contributed by atoms with Gasteiger partial charge in [-0.2, -0.15) is 13.2 Å². The van der Waals surface area contributed by atoms with E-state index in [0.717, 1.165) is 23.5 Å². The van der Waals surface area contributed by atoms with Gasteiger partial charge in [0.25, 0.3) is 11.8 Å². The van der Waals surface area contributed by atoms with Crippen molar-refractivity contribution < 1.29 is 27.2 Å². The van der Waals surface area contributed by atoms with Gasteiger partial charge in [0, 0.05) is 11.4 Å². The Morgan fingerprint density at radius 1 is 1.06 bits per heavy atom. The number of carbonyl (C=O) groups excluding carboxylic acids is 2. The molecule has 0 saturated carbocycles. The van der Waals surface area contributed by atoms with Crippen molar-refractivity contribution in [1.29, 1.82) is 0 Å². The van der Waals surface area contributed by atoms with Crippen LogP contribution in [-0.4, -0.2) is 28.4 Å². The van der Waals surface area contributed by atoms with Gasteiger partial charge < -0.3 is 21.3 Å². The second kappa shape index (κ2) is 9.62. The topological polar surface area (TPSA) is 87.5 Å². The van der Waals surface area contributed by atoms with E-state index in [1.807, 2.05) is 0 Å². The third-order valence-electron chi connectivity index (χ3n) is 5.41. The number of halogens is 4. The molecule has 2 aromatic carbocycles. The van der Waals surface area contributed by atoms with Crippen LogP contribution in [-0.2, 0) is 19.1 Å². The number of nitrogens with zero attached hydrogens (tertiary/aromatic N) is 1. The fourth-order valence-electron chi connectivity index (χ4n) is 3.78. The molecule has 0 radical (unpaired) electrons. The summed E-state index contributed by atoms with van der Waals surface area (Å²) < 4.78 is 54.0. The van der Waals surface area contributed by atoms with Crippen LogP contribution in [0.4, 0.5) is 28.3 Å². The molecule has 1 aliphatic heterocycles. The molecule has 3 aromatic rings. The van der Waals surface area contributed by atoms with Crippen LogP contribution in [0.3, 0.4) is 0 Å². The minimum atomic E-state index is -4.73. The normalized spacial score (nSPS) is 13.2. The summed E-state index contributed by atoms with van der Waals surface area (Å²) >= 11 is 6.44. The molecule has 35 heavy (non-hydrogen) atoms. The number of thiocarbonyl (C=S) groups is 1. The van der Waals surface area contributed by atoms with Crippen molar-refractivity contribution in [2.45, 2.75) is 19.1 Å². The van der Waals surface area contributed by atoms with Crippen LogP contribution < -0.4 is 16.4 Å². The van der Waals surface area contributed by atoms with E-state index in [9.17, 15) is 27.2 Å². The van der Waals surface area contributed by atoms with Gasteiger partial charge in [-0.05, 0) is 48.5 Å². The summed E-state index contributed by atoms with van der Waals surface area (Å²) in [5, 5.41) is 5.61. The van der Waals surface area contributed by atoms with Gasteiger partial charge in [0.15, 0.2) is 5.11 Å². The molecule has 2 amide bonds. The van der Waals surface area contributed by atoms with Crippen molar-refractivity contribution in [3.05, 3.63) is 81.5 Å². The number of benzene rings is 2. The van der Waals surface area contributed by atoms with E-state index in [1.54, 1.807) is 23.1 Å². The Hall–Kier alpha value is -3.51. The van der Waals surface area contributed by atoms with Crippen LogP contribution in [0.15, 0.2) is 48.5 Å². The van der Waals surface area contributed by atoms with E-state index >= 15 is 0 Å². The molecule has 0 aliphatic carbocycles. The summed E-state index contributed by atoms with van der Waals surface area (Å²) in [6.07, 6.45) is -4.38. The number of thiophene rings is 1. The lowest BCUT2D eigenvalue weighted by molar-refractivity contribution is -0.137. The number of para-hydroxylation sites is 1. The van der Waals surface area contributed by atoms with Crippen LogP contribution in [0.2, 0.25) is 0 Å². The van der Waals surface area contributed by atoms with Gasteiger partial charge in [-0.3, -0.25) is 9.59 Å². The first-order chi connectivity index (χ1) is 16.6. The van der Waals surface area contributed by atoms with Gasteiger partial charge in [-0.1, -0.05) is 24.3 Å². The lowest BCUT2D eigenvalue weighted by atomic mass is 10.0. The lowest BCUT2D eigenvalue weighted by Gasteiger charge is -2.29. The zero-order valence-corrected chi connectivity index (χ0v) is 19.5. The highest BCUT2D eigenvalue weighted by Crippen LogP contribution is 2.38. The molecule has 0 atom stereocenters. The Morgan fingerprint density at radius 2 is 1.74 bits per heavy atom. The number of hydrogen-bond donors (Lipinski definition) is 3. The first kappa shape index (κ1) is 24.6. The molecule has 0 unspecified atom stereocenters. The summed E-state index contributed by atoms with van der Waals surface area (Å²) in [7, 11) is 0. The van der Waals surface area contributed by atoms with Gasteiger partial charge in [-0.15, -0.1) is 11.3 Å². The quantitative estimate of drug-likeness (QED) is 0.331. The standard InChI is InChI=1S/C23H18F4N4O2S2/c24-15-7-3-4-8-16(15)29-22(34)31-10-9-13-17(11-31)35-21(18(13)19(28)32)30-20(33)12-5-1-2-6-14(12)23(25,26)27/h1-8H,9-11H2,(H2,28,32)(H,29,34)(H,30,33). The molecule has 0 fully saturated rings. The summed E-state index contributed by atoms with van der Waals surface area (Å²) in [4.78, 5) is 27.4. The molecule has 0 saturated heterocycles. The van der Waals surface area contributed by atoms with Gasteiger partial charge in [0.2, 0.25) is 0 Å². The predicted molar refractivity (Wildman–Crippen MR) is 129 cm³/mol. The van der Waals surface area contributed by atoms with E-state index in [0.29, 0.717) is 23.4 Å². The average Bonchev–Trinajstić information content (AvgIpc) is 3.17. The first-order valence-electron chi connectivity index (χ1n) is 10.3. The zero-order chi connectivity index (χ0) is 25.3. The molecule has 1 aromatic heterocycles. The van der Waals surface area contributed by atoms with Gasteiger partial charge in [-0.25, -0.2) is 4.39 Å². The maximum absolute atomic E-state index is 14.0. The second-order valence-electron chi connectivity index (χ2n) is 7.65. The van der Waals surface area contributed by atoms with Crippen molar-refractivity contribution >= 4 is 51.2 Å². The Kier molecular flexibility index (Phi) is 6.77. The van der Waals surface area contributed by atoms with E-state index < -0.39 is 34.9 Å². The largest absolute Gasteiger partial charge is 0.417 e. The van der Waals surface area contributed by atoms with Crippen molar-refractivity contribution in [2.75, 3.05) is 17.2 Å². The number of primary amides is 1. The maximum Gasteiger partial charge on any atom is 0.417 e. The Bertz CT molecular complexity index is 1320. The van der Waals surface area contributed by atoms with Crippen LogP contribution in [0.25, 0.3) is 0 Å². The number of fused-ring (bicyclic) bond motifs is 1. The summed E-state index contributed by atoms with van der Waals surface area (Å²) in [6.45, 7) is 0.629. The second-order valence-corrected chi connectivity index (χ2v) is 9.14. The first-order valence-corrected chi connectivity index (χ1v) is 11.5. The van der Waals surface area contributed by atoms with Crippen LogP contribution in [0.1, 0.15) is 36.7 Å². The summed E-state index contributed by atoms with van der Waals surface area (Å²) in [6, 6.07) is 10.4. The number of alkyl halides is 3. The third-order valence-corrected chi connectivity index (χ3v) is 6.90. The monoisotopic (exact) mass is 522 g/mol. The lowest BCUT2D eigenvalue weighted by Crippen LogP contribution is -2.38. The SMILES string of the molecule is NC(=O)c1c(NC(=O)c2ccccc2C(F)(F)F)sc2c1CCN(C(=S)Nc1ccccc1F)C2. The van der Waals surface area contributed by atoms with Crippen molar-refractivity contribution in [1.82, 2.24) is 4.90 Å². The Balaban J connectivity index is 1.58. The van der Waals surface area contributed by atoms with Crippen LogP contribution in [0.5, 0.6) is 0 Å². The fraction of sp³-hybridized carbons (Fsp3) is 0.174. The van der Waals surface area contributed by atoms with Crippen molar-refractivity contribution in [2.24, 2.45) is 5.73 Å². The summed E-state index contributed by atoms with van der Waals surface area (Å²) in [5.41, 5.74) is 4.77. The highest BCUT2D eigenvalue weighted by Gasteiger charge is 2.35. The van der Waals surface area contributed by atoms with E-state index in [2.05, 4.69) is 10.6 Å². The average molecular weight is 523 g/mol. The molecule has 4 N–H and O–H groups in total. The van der Waals surface area contributed by atoms with Crippen LogP contribution in [0, 0.1) is 5.82 Å². The van der Waals surface area contributed by atoms with Crippen molar-refractivity contribution in [3.63, 3.8) is 0 Å². The minimum absolute atomic E-state index is 0.0653. The Labute approximate surface area is 206 Å². The minimum Gasteiger partial charge on any atom is -0.365 e. The molecule has 182 valence electrons. The van der Waals surface area contributed by atoms with Gasteiger partial charge in [0.1, 0.15) is 10.8 Å². The molecule has 4 rings (SSSR count). The van der Waals surface area contributed by atoms with Crippen LogP contribution >= 0.6 is 23.6 Å². The van der Waals surface area contributed by atoms with Crippen molar-refractivity contribution in [3.8, 4) is 0 Å². The number of nitrogens with one attached hydrogen (secondary N) is 2. The number of amides is 2. The van der Waals surface area contributed by atoms with Gasteiger partial charge >= 0.3 is 6.18 Å². The Morgan fingerprint density at radius 3 is 2.43 bits per heavy atom. The third kappa shape index (κ3) is 5.13. The number of carbonyl (C=O) groups is 2. The number of nitrogens with two attached hydrogens (primary N) is 1. The molecule has 2 heterocycles. The molecule has 6 nitrogen and oxygen atoms in total. The fourth-order valence-corrected chi connectivity index (χ4v) is 5.31. The predicted octanol–water partition coefficient (Wildman–Crippen LogP) is 5.01.